The third-order valence-corrected chi connectivity index (χ3v) is 0.460. The summed E-state index contributed by atoms with van der Waals surface area (Å²) in [5.74, 6) is -0.120. The van der Waals surface area contributed by atoms with E-state index >= 15 is 0 Å². The summed E-state index contributed by atoms with van der Waals surface area (Å²) in [6.07, 6.45) is -0.629. The highest BCUT2D eigenvalue weighted by atomic mass is 14.9. The zero-order chi connectivity index (χ0) is 7.72. The molecule has 3 nitrogen and oxygen atoms in total. The highest BCUT2D eigenvalue weighted by Gasteiger charge is 1.74. The molecule has 0 bridgehead atoms. The number of hydrogen-bond donors (Lipinski definition) is 1. The van der Waals surface area contributed by atoms with Crippen molar-refractivity contribution in [1.82, 2.24) is 9.97 Å². The van der Waals surface area contributed by atoms with Gasteiger partial charge in [0.1, 0.15) is 13.5 Å². The van der Waals surface area contributed by atoms with E-state index in [1.807, 2.05) is 0 Å². The molecule has 0 radical (unpaired) electrons. The van der Waals surface area contributed by atoms with Crippen molar-refractivity contribution < 1.29 is 4.11 Å². The fourth-order valence-electron chi connectivity index (χ4n) is 0.217. The maximum Gasteiger partial charge on any atom is 0.126 e. The zero-order valence-electron chi connectivity index (χ0n) is 6.47. The molecule has 1 aromatic rings. The van der Waals surface area contributed by atoms with Gasteiger partial charge in [-0.2, -0.15) is 0 Å². The lowest BCUT2D eigenvalue weighted by Gasteiger charge is -1.82. The number of rotatable bonds is 0. The lowest BCUT2D eigenvalue weighted by molar-refractivity contribution is 1.18. The number of nitrogen functional groups attached to an aromatic ring is 1. The summed E-state index contributed by atoms with van der Waals surface area (Å²) in [4.78, 5) is 6.65. The van der Waals surface area contributed by atoms with Crippen LogP contribution in [-0.2, 0) is 0 Å². The summed E-state index contributed by atoms with van der Waals surface area (Å²) in [7, 11) is 0. The maximum atomic E-state index is 7.02. The molecule has 0 aliphatic heterocycles. The normalized spacial score (nSPS) is 14.6. The van der Waals surface area contributed by atoms with Crippen LogP contribution in [0.2, 0.25) is 0 Å². The lowest BCUT2D eigenvalue weighted by Crippen LogP contribution is -1.87. The SMILES string of the molecule is [2H]c1nc([2H])c([2H])c(N)n1. The second kappa shape index (κ2) is 1.55. The van der Waals surface area contributed by atoms with Gasteiger partial charge in [-0.05, 0) is 6.04 Å². The van der Waals surface area contributed by atoms with Crippen LogP contribution in [0, 0.1) is 0 Å². The van der Waals surface area contributed by atoms with E-state index in [1.165, 1.54) is 0 Å². The number of anilines is 1. The van der Waals surface area contributed by atoms with Crippen molar-refractivity contribution in [2.24, 2.45) is 0 Å². The van der Waals surface area contributed by atoms with Crippen molar-refractivity contribution in [3.8, 4) is 0 Å². The fourth-order valence-corrected chi connectivity index (χ4v) is 0.217. The minimum atomic E-state index is -0.321. The van der Waals surface area contributed by atoms with E-state index in [4.69, 9.17) is 9.85 Å². The number of nitrogens with two attached hydrogens (primary N) is 1. The van der Waals surface area contributed by atoms with Crippen molar-refractivity contribution in [3.63, 3.8) is 0 Å². The highest BCUT2D eigenvalue weighted by Crippen LogP contribution is 1.85. The Labute approximate surface area is 45.4 Å². The molecule has 3 heteroatoms. The first kappa shape index (κ1) is 1.78. The molecule has 1 aromatic heterocycles. The van der Waals surface area contributed by atoms with Crippen molar-refractivity contribution in [3.05, 3.63) is 18.5 Å². The number of nitrogens with zero attached hydrogens (tertiary/aromatic N) is 2. The third-order valence-electron chi connectivity index (χ3n) is 0.460. The van der Waals surface area contributed by atoms with Crippen LogP contribution in [0.5, 0.6) is 0 Å². The summed E-state index contributed by atoms with van der Waals surface area (Å²) in [5.41, 5.74) is 5.14. The summed E-state index contributed by atoms with van der Waals surface area (Å²) in [6.45, 7) is 0. The molecule has 0 aliphatic carbocycles. The molecule has 0 fully saturated rings. The first-order valence-electron chi connectivity index (χ1n) is 3.18. The monoisotopic (exact) mass is 98.1 g/mol. The second-order valence-corrected chi connectivity index (χ2v) is 0.946. The first-order valence-corrected chi connectivity index (χ1v) is 1.68. The molecule has 1 rings (SSSR count). The topological polar surface area (TPSA) is 51.8 Å². The van der Waals surface area contributed by atoms with Gasteiger partial charge in [-0.15, -0.1) is 0 Å². The van der Waals surface area contributed by atoms with E-state index in [2.05, 4.69) is 9.97 Å². The molecule has 2 N–H and O–H groups in total. The quantitative estimate of drug-likeness (QED) is 0.499. The number of aromatic nitrogens is 2. The Balaban J connectivity index is 3.31. The van der Waals surface area contributed by atoms with Crippen LogP contribution in [0.4, 0.5) is 5.82 Å². The Bertz CT molecular complexity index is 239. The third kappa shape index (κ3) is 0.855. The molecular formula is C4H5N3. The fraction of sp³-hybridized carbons (Fsp3) is 0. The molecular weight excluding hydrogens is 90.1 g/mol. The van der Waals surface area contributed by atoms with Gasteiger partial charge in [0.25, 0.3) is 0 Å². The van der Waals surface area contributed by atoms with Crippen LogP contribution in [0.1, 0.15) is 4.11 Å². The van der Waals surface area contributed by atoms with Crippen LogP contribution < -0.4 is 5.73 Å². The van der Waals surface area contributed by atoms with Gasteiger partial charge in [0.2, 0.25) is 0 Å². The van der Waals surface area contributed by atoms with Gasteiger partial charge in [-0.3, -0.25) is 0 Å². The summed E-state index contributed by atoms with van der Waals surface area (Å²) >= 11 is 0. The Morgan fingerprint density at radius 1 is 1.86 bits per heavy atom. The summed E-state index contributed by atoms with van der Waals surface area (Å²) < 4.78 is 20.9. The van der Waals surface area contributed by atoms with Crippen LogP contribution >= 0.6 is 0 Å². The molecule has 0 atom stereocenters. The van der Waals surface area contributed by atoms with Crippen LogP contribution in [0.25, 0.3) is 0 Å². The van der Waals surface area contributed by atoms with Crippen molar-refractivity contribution in [2.75, 3.05) is 5.73 Å². The van der Waals surface area contributed by atoms with Gasteiger partial charge in [-0.1, -0.05) is 0 Å². The van der Waals surface area contributed by atoms with E-state index in [0.717, 1.165) is 0 Å². The van der Waals surface area contributed by atoms with Crippen molar-refractivity contribution >= 4 is 5.82 Å². The van der Waals surface area contributed by atoms with Crippen LogP contribution in [-0.4, -0.2) is 9.97 Å². The predicted octanol–water partition coefficient (Wildman–Crippen LogP) is 0.0588. The molecule has 0 unspecified atom stereocenters. The molecule has 0 saturated carbocycles. The highest BCUT2D eigenvalue weighted by molar-refractivity contribution is 5.22. The Kier molecular flexibility index (Phi) is 0.394. The van der Waals surface area contributed by atoms with E-state index in [1.54, 1.807) is 0 Å². The van der Waals surface area contributed by atoms with Crippen LogP contribution in [0.15, 0.2) is 18.5 Å². The molecule has 7 heavy (non-hydrogen) atoms. The first-order chi connectivity index (χ1) is 4.61. The second-order valence-electron chi connectivity index (χ2n) is 0.946. The van der Waals surface area contributed by atoms with Crippen molar-refractivity contribution in [1.29, 1.82) is 0 Å². The maximum absolute atomic E-state index is 7.02. The molecule has 1 heterocycles. The number of hydrogen-bond acceptors (Lipinski definition) is 3. The van der Waals surface area contributed by atoms with E-state index < -0.39 is 0 Å². The van der Waals surface area contributed by atoms with Gasteiger partial charge in [-0.25, -0.2) is 9.97 Å². The summed E-state index contributed by atoms with van der Waals surface area (Å²) in [5, 5.41) is 0. The molecule has 0 amide bonds. The Morgan fingerprint density at radius 3 is 3.43 bits per heavy atom. The minimum absolute atomic E-state index is 0.120. The Morgan fingerprint density at radius 2 is 2.71 bits per heavy atom. The Hall–Kier alpha value is -1.12. The average Bonchev–Trinajstić information content (AvgIpc) is 1.82. The van der Waals surface area contributed by atoms with E-state index in [9.17, 15) is 0 Å². The average molecular weight is 98.1 g/mol. The smallest absolute Gasteiger partial charge is 0.126 e. The zero-order valence-corrected chi connectivity index (χ0v) is 3.47. The van der Waals surface area contributed by atoms with Gasteiger partial charge < -0.3 is 5.73 Å². The largest absolute Gasteiger partial charge is 0.384 e. The van der Waals surface area contributed by atoms with Gasteiger partial charge in [0, 0.05) is 6.17 Å². The summed E-state index contributed by atoms with van der Waals surface area (Å²) in [6, 6.07) is -0.226. The molecule has 0 aromatic carbocycles. The van der Waals surface area contributed by atoms with E-state index in [-0.39, 0.29) is 24.3 Å². The van der Waals surface area contributed by atoms with Gasteiger partial charge >= 0.3 is 0 Å². The van der Waals surface area contributed by atoms with Gasteiger partial charge in [0.05, 0.1) is 2.74 Å². The molecule has 0 saturated heterocycles. The van der Waals surface area contributed by atoms with E-state index in [0.29, 0.717) is 0 Å². The predicted molar refractivity (Wildman–Crippen MR) is 26.4 cm³/mol. The van der Waals surface area contributed by atoms with Crippen molar-refractivity contribution in [2.45, 2.75) is 0 Å². The lowest BCUT2D eigenvalue weighted by atomic mass is 10.6. The molecule has 36 valence electrons. The molecule has 0 aliphatic rings. The standard InChI is InChI=1S/C4H5N3/c5-4-1-2-6-3-7-4/h1-3H,(H2,5,6,7)/i1D,2D,3D. The molecule has 0 spiro atoms. The van der Waals surface area contributed by atoms with Gasteiger partial charge in [0.15, 0.2) is 0 Å². The minimum Gasteiger partial charge on any atom is -0.384 e. The van der Waals surface area contributed by atoms with Crippen LogP contribution in [0.3, 0.4) is 0 Å².